The van der Waals surface area contributed by atoms with Crippen LogP contribution in [-0.4, -0.2) is 40.8 Å². The Hall–Kier alpha value is -2.77. The zero-order valence-corrected chi connectivity index (χ0v) is 17.5. The third-order valence-electron chi connectivity index (χ3n) is 5.84. The smallest absolute Gasteiger partial charge is 0.241 e. The lowest BCUT2D eigenvalue weighted by atomic mass is 9.95. The number of pyridine rings is 1. The van der Waals surface area contributed by atoms with Crippen LogP contribution in [0.4, 0.5) is 5.69 Å². The van der Waals surface area contributed by atoms with E-state index >= 15 is 0 Å². The summed E-state index contributed by atoms with van der Waals surface area (Å²) in [6.07, 6.45) is 4.04. The van der Waals surface area contributed by atoms with E-state index < -0.39 is 0 Å². The van der Waals surface area contributed by atoms with Gasteiger partial charge >= 0.3 is 0 Å². The van der Waals surface area contributed by atoms with Crippen LogP contribution in [0.25, 0.3) is 0 Å². The topological polar surface area (TPSA) is 86.4 Å². The third kappa shape index (κ3) is 4.68. The summed E-state index contributed by atoms with van der Waals surface area (Å²) >= 11 is 0. The second-order valence-electron chi connectivity index (χ2n) is 8.37. The number of nitrogens with one attached hydrogen (secondary N) is 3. The molecule has 2 amide bonds. The number of hydrazine groups is 1. The van der Waals surface area contributed by atoms with E-state index in [0.717, 1.165) is 35.3 Å². The SMILES string of the molecule is Cc1cc(C)cc(NC(=O)C2CCCN(C(=O)C3CC(c4ccccn4)NN3)C2)c1. The number of aromatic nitrogens is 1. The lowest BCUT2D eigenvalue weighted by Gasteiger charge is -2.33. The Bertz CT molecular complexity index is 897. The summed E-state index contributed by atoms with van der Waals surface area (Å²) in [5.41, 5.74) is 10.3. The van der Waals surface area contributed by atoms with E-state index in [9.17, 15) is 9.59 Å². The van der Waals surface area contributed by atoms with Gasteiger partial charge in [0.25, 0.3) is 0 Å². The van der Waals surface area contributed by atoms with Gasteiger partial charge in [0, 0.05) is 25.0 Å². The molecule has 0 aliphatic carbocycles. The van der Waals surface area contributed by atoms with Crippen molar-refractivity contribution in [2.24, 2.45) is 5.92 Å². The summed E-state index contributed by atoms with van der Waals surface area (Å²) in [7, 11) is 0. The molecule has 2 aromatic rings. The van der Waals surface area contributed by atoms with Crippen molar-refractivity contribution in [3.8, 4) is 0 Å². The fourth-order valence-electron chi connectivity index (χ4n) is 4.40. The fourth-order valence-corrected chi connectivity index (χ4v) is 4.40. The van der Waals surface area contributed by atoms with Gasteiger partial charge in [-0.1, -0.05) is 12.1 Å². The lowest BCUT2D eigenvalue weighted by molar-refractivity contribution is -0.136. The van der Waals surface area contributed by atoms with Crippen LogP contribution in [-0.2, 0) is 9.59 Å². The summed E-state index contributed by atoms with van der Waals surface area (Å²) in [6, 6.07) is 11.5. The zero-order valence-electron chi connectivity index (χ0n) is 17.5. The van der Waals surface area contributed by atoms with Gasteiger partial charge in [0.15, 0.2) is 0 Å². The van der Waals surface area contributed by atoms with E-state index in [1.807, 2.05) is 49.1 Å². The van der Waals surface area contributed by atoms with Gasteiger partial charge in [-0.3, -0.25) is 14.6 Å². The van der Waals surface area contributed by atoms with E-state index in [1.54, 1.807) is 6.20 Å². The Balaban J connectivity index is 1.35. The minimum atomic E-state index is -0.307. The van der Waals surface area contributed by atoms with Gasteiger partial charge in [-0.25, -0.2) is 10.9 Å². The standard InChI is InChI=1S/C23H29N5O2/c1-15-10-16(2)12-18(11-15)25-22(29)17-6-5-9-28(14-17)23(30)21-13-20(26-27-21)19-7-3-4-8-24-19/h3-4,7-8,10-12,17,20-21,26-27H,5-6,9,13-14H2,1-2H3,(H,25,29). The molecule has 3 unspecified atom stereocenters. The van der Waals surface area contributed by atoms with Gasteiger partial charge < -0.3 is 10.2 Å². The molecule has 0 bridgehead atoms. The van der Waals surface area contributed by atoms with Crippen LogP contribution in [0.2, 0.25) is 0 Å². The van der Waals surface area contributed by atoms with Gasteiger partial charge in [-0.15, -0.1) is 0 Å². The Morgan fingerprint density at radius 1 is 1.13 bits per heavy atom. The van der Waals surface area contributed by atoms with E-state index in [-0.39, 0.29) is 29.8 Å². The zero-order chi connectivity index (χ0) is 21.1. The molecule has 0 spiro atoms. The van der Waals surface area contributed by atoms with Crippen molar-refractivity contribution in [1.29, 1.82) is 0 Å². The van der Waals surface area contributed by atoms with Crippen molar-refractivity contribution in [3.05, 3.63) is 59.4 Å². The number of aryl methyl sites for hydroxylation is 2. The van der Waals surface area contributed by atoms with Crippen LogP contribution < -0.4 is 16.2 Å². The first kappa shape index (κ1) is 20.5. The summed E-state index contributed by atoms with van der Waals surface area (Å²) < 4.78 is 0. The molecule has 2 saturated heterocycles. The Labute approximate surface area is 177 Å². The number of hydrogen-bond acceptors (Lipinski definition) is 5. The summed E-state index contributed by atoms with van der Waals surface area (Å²) in [4.78, 5) is 32.1. The number of amides is 2. The molecule has 4 rings (SSSR count). The van der Waals surface area contributed by atoms with Gasteiger partial charge in [-0.2, -0.15) is 0 Å². The highest BCUT2D eigenvalue weighted by molar-refractivity contribution is 5.93. The predicted molar refractivity (Wildman–Crippen MR) is 116 cm³/mol. The minimum absolute atomic E-state index is 0.00796. The molecule has 2 aliphatic rings. The van der Waals surface area contributed by atoms with E-state index in [1.165, 1.54) is 0 Å². The van der Waals surface area contributed by atoms with Crippen molar-refractivity contribution in [2.45, 2.75) is 45.2 Å². The predicted octanol–water partition coefficient (Wildman–Crippen LogP) is 2.48. The molecule has 2 fully saturated rings. The monoisotopic (exact) mass is 407 g/mol. The highest BCUT2D eigenvalue weighted by Gasteiger charge is 2.36. The molecule has 158 valence electrons. The molecule has 3 heterocycles. The molecular weight excluding hydrogens is 378 g/mol. The minimum Gasteiger partial charge on any atom is -0.341 e. The fraction of sp³-hybridized carbons (Fsp3) is 0.435. The summed E-state index contributed by atoms with van der Waals surface area (Å²) in [5, 5.41) is 3.04. The number of hydrogen-bond donors (Lipinski definition) is 3. The maximum absolute atomic E-state index is 13.1. The Kier molecular flexibility index (Phi) is 6.11. The molecule has 7 heteroatoms. The second-order valence-corrected chi connectivity index (χ2v) is 8.37. The first-order chi connectivity index (χ1) is 14.5. The normalized spacial score (nSPS) is 23.9. The third-order valence-corrected chi connectivity index (χ3v) is 5.84. The average molecular weight is 408 g/mol. The molecule has 2 aliphatic heterocycles. The van der Waals surface area contributed by atoms with E-state index in [2.05, 4.69) is 27.2 Å². The molecule has 0 saturated carbocycles. The first-order valence-electron chi connectivity index (χ1n) is 10.6. The quantitative estimate of drug-likeness (QED) is 0.725. The maximum Gasteiger partial charge on any atom is 0.241 e. The number of rotatable bonds is 4. The van der Waals surface area contributed by atoms with Crippen molar-refractivity contribution in [3.63, 3.8) is 0 Å². The average Bonchev–Trinajstić information content (AvgIpc) is 3.23. The number of anilines is 1. The van der Waals surface area contributed by atoms with Crippen LogP contribution in [0.1, 0.15) is 42.1 Å². The number of benzene rings is 1. The molecule has 1 aromatic heterocycles. The van der Waals surface area contributed by atoms with Crippen molar-refractivity contribution in [1.82, 2.24) is 20.7 Å². The van der Waals surface area contributed by atoms with Crippen LogP contribution >= 0.6 is 0 Å². The van der Waals surface area contributed by atoms with Crippen LogP contribution in [0, 0.1) is 19.8 Å². The Morgan fingerprint density at radius 2 is 1.93 bits per heavy atom. The second kappa shape index (κ2) is 8.93. The number of piperidine rings is 1. The molecular formula is C23H29N5O2. The molecule has 3 atom stereocenters. The van der Waals surface area contributed by atoms with E-state index in [4.69, 9.17) is 0 Å². The van der Waals surface area contributed by atoms with Gasteiger partial charge in [0.1, 0.15) is 6.04 Å². The highest BCUT2D eigenvalue weighted by atomic mass is 16.2. The van der Waals surface area contributed by atoms with Crippen molar-refractivity contribution in [2.75, 3.05) is 18.4 Å². The number of carbonyl (C=O) groups is 2. The van der Waals surface area contributed by atoms with Crippen molar-refractivity contribution >= 4 is 17.5 Å². The molecule has 30 heavy (non-hydrogen) atoms. The summed E-state index contributed by atoms with van der Waals surface area (Å²) in [5.74, 6) is -0.157. The van der Waals surface area contributed by atoms with Gasteiger partial charge in [0.05, 0.1) is 17.7 Å². The molecule has 1 aromatic carbocycles. The highest BCUT2D eigenvalue weighted by Crippen LogP contribution is 2.24. The lowest BCUT2D eigenvalue weighted by Crippen LogP contribution is -2.50. The Morgan fingerprint density at radius 3 is 2.67 bits per heavy atom. The molecule has 0 radical (unpaired) electrons. The molecule has 7 nitrogen and oxygen atoms in total. The number of nitrogens with zero attached hydrogens (tertiary/aromatic N) is 2. The maximum atomic E-state index is 13.1. The van der Waals surface area contributed by atoms with Crippen LogP contribution in [0.3, 0.4) is 0 Å². The van der Waals surface area contributed by atoms with Crippen molar-refractivity contribution < 1.29 is 9.59 Å². The van der Waals surface area contributed by atoms with Crippen LogP contribution in [0.15, 0.2) is 42.6 Å². The van der Waals surface area contributed by atoms with Gasteiger partial charge in [0.2, 0.25) is 11.8 Å². The summed E-state index contributed by atoms with van der Waals surface area (Å²) in [6.45, 7) is 5.19. The van der Waals surface area contributed by atoms with Crippen LogP contribution in [0.5, 0.6) is 0 Å². The van der Waals surface area contributed by atoms with Gasteiger partial charge in [-0.05, 0) is 68.5 Å². The molecule has 3 N–H and O–H groups in total. The number of carbonyl (C=O) groups excluding carboxylic acids is 2. The first-order valence-corrected chi connectivity index (χ1v) is 10.6. The number of likely N-dealkylation sites (tertiary alicyclic amines) is 1. The largest absolute Gasteiger partial charge is 0.341 e. The van der Waals surface area contributed by atoms with E-state index in [0.29, 0.717) is 19.5 Å².